The van der Waals surface area contributed by atoms with E-state index in [1.165, 1.54) is 43.6 Å². The number of amides is 1. The standard InChI is InChI=1S/C25H23ClFN5O3/c1-15(33)5-6-20(35)32-12-25(13-32)7-9-31(10-8-25)24-16-11-17(26)22(30-23(16)28-14-29-24)21-18(27)3-2-4-19(21)34/h2-6,11,14,34H,7-10,12-13H2,1H3/b6-5+. The quantitative estimate of drug-likeness (QED) is 0.550. The van der Waals surface area contributed by atoms with Crippen LogP contribution in [0.4, 0.5) is 10.2 Å². The summed E-state index contributed by atoms with van der Waals surface area (Å²) in [7, 11) is 0. The summed E-state index contributed by atoms with van der Waals surface area (Å²) in [6.45, 7) is 4.25. The van der Waals surface area contributed by atoms with Gasteiger partial charge < -0.3 is 14.9 Å². The molecule has 3 aromatic rings. The van der Waals surface area contributed by atoms with Gasteiger partial charge in [0.05, 0.1) is 21.7 Å². The summed E-state index contributed by atoms with van der Waals surface area (Å²) in [4.78, 5) is 40.3. The highest BCUT2D eigenvalue weighted by Gasteiger charge is 2.46. The molecule has 1 N–H and O–H groups in total. The van der Waals surface area contributed by atoms with Gasteiger partial charge in [0.25, 0.3) is 0 Å². The summed E-state index contributed by atoms with van der Waals surface area (Å²) in [6, 6.07) is 5.69. The van der Waals surface area contributed by atoms with Crippen molar-refractivity contribution in [2.24, 2.45) is 5.41 Å². The second-order valence-electron chi connectivity index (χ2n) is 9.15. The number of aromatic nitrogens is 3. The molecule has 2 saturated heterocycles. The summed E-state index contributed by atoms with van der Waals surface area (Å²) in [5, 5.41) is 11.0. The number of anilines is 1. The summed E-state index contributed by atoms with van der Waals surface area (Å²) < 4.78 is 14.4. The zero-order valence-corrected chi connectivity index (χ0v) is 19.8. The van der Waals surface area contributed by atoms with Crippen LogP contribution in [-0.2, 0) is 9.59 Å². The average Bonchev–Trinajstić information content (AvgIpc) is 2.81. The number of aromatic hydroxyl groups is 1. The lowest BCUT2D eigenvalue weighted by Gasteiger charge is -2.54. The fraction of sp³-hybridized carbons (Fsp3) is 0.320. The molecular weight excluding hydrogens is 473 g/mol. The molecule has 0 aliphatic carbocycles. The number of allylic oxidation sites excluding steroid dienone is 1. The topological polar surface area (TPSA) is 99.5 Å². The van der Waals surface area contributed by atoms with Gasteiger partial charge in [0, 0.05) is 37.7 Å². The molecule has 2 aliphatic heterocycles. The Bertz CT molecular complexity index is 1340. The van der Waals surface area contributed by atoms with Crippen LogP contribution in [0.1, 0.15) is 19.8 Å². The van der Waals surface area contributed by atoms with Crippen molar-refractivity contribution >= 4 is 40.1 Å². The fourth-order valence-corrected chi connectivity index (χ4v) is 5.09. The van der Waals surface area contributed by atoms with E-state index in [9.17, 15) is 19.1 Å². The van der Waals surface area contributed by atoms with Crippen LogP contribution in [0.25, 0.3) is 22.3 Å². The third kappa shape index (κ3) is 4.32. The summed E-state index contributed by atoms with van der Waals surface area (Å²) in [5.41, 5.74) is 0.483. The molecule has 0 atom stereocenters. The van der Waals surface area contributed by atoms with Crippen LogP contribution in [-0.4, -0.2) is 62.8 Å². The molecule has 10 heteroatoms. The average molecular weight is 496 g/mol. The number of halogens is 2. The number of ketones is 1. The van der Waals surface area contributed by atoms with Gasteiger partial charge in [-0.3, -0.25) is 9.59 Å². The van der Waals surface area contributed by atoms with E-state index >= 15 is 0 Å². The number of phenols is 1. The number of likely N-dealkylation sites (tertiary alicyclic amines) is 1. The van der Waals surface area contributed by atoms with Crippen molar-refractivity contribution in [2.75, 3.05) is 31.1 Å². The molecule has 35 heavy (non-hydrogen) atoms. The number of rotatable bonds is 4. The van der Waals surface area contributed by atoms with E-state index in [0.29, 0.717) is 29.9 Å². The molecular formula is C25H23ClFN5O3. The lowest BCUT2D eigenvalue weighted by molar-refractivity contribution is -0.139. The smallest absolute Gasteiger partial charge is 0.246 e. The first-order chi connectivity index (χ1) is 16.8. The predicted molar refractivity (Wildman–Crippen MR) is 130 cm³/mol. The molecule has 0 saturated carbocycles. The van der Waals surface area contributed by atoms with E-state index in [4.69, 9.17) is 11.6 Å². The van der Waals surface area contributed by atoms with Gasteiger partial charge in [-0.05, 0) is 44.0 Å². The molecule has 0 unspecified atom stereocenters. The largest absolute Gasteiger partial charge is 0.507 e. The van der Waals surface area contributed by atoms with Gasteiger partial charge in [-0.15, -0.1) is 0 Å². The first kappa shape index (κ1) is 23.2. The monoisotopic (exact) mass is 495 g/mol. The number of fused-ring (bicyclic) bond motifs is 1. The third-order valence-electron chi connectivity index (χ3n) is 6.73. The van der Waals surface area contributed by atoms with Crippen LogP contribution in [0.15, 0.2) is 42.7 Å². The number of nitrogens with zero attached hydrogens (tertiary/aromatic N) is 5. The minimum Gasteiger partial charge on any atom is -0.507 e. The molecule has 1 aromatic carbocycles. The SMILES string of the molecule is CC(=O)/C=C/C(=O)N1CC2(CCN(c3ncnc4nc(-c5c(O)cccc5F)c(Cl)cc34)CC2)C1. The first-order valence-electron chi connectivity index (χ1n) is 11.3. The van der Waals surface area contributed by atoms with Gasteiger partial charge in [0.15, 0.2) is 11.4 Å². The fourth-order valence-electron chi connectivity index (χ4n) is 4.85. The number of phenolic OH excluding ortho intramolecular Hbond substituents is 1. The van der Waals surface area contributed by atoms with E-state index in [1.54, 1.807) is 11.0 Å². The molecule has 5 rings (SSSR count). The molecule has 0 radical (unpaired) electrons. The van der Waals surface area contributed by atoms with E-state index in [2.05, 4.69) is 19.9 Å². The maximum absolute atomic E-state index is 14.4. The minimum absolute atomic E-state index is 0.0679. The highest BCUT2D eigenvalue weighted by Crippen LogP contribution is 2.43. The predicted octanol–water partition coefficient (Wildman–Crippen LogP) is 3.76. The van der Waals surface area contributed by atoms with Gasteiger partial charge in [0.1, 0.15) is 23.7 Å². The van der Waals surface area contributed by atoms with Crippen LogP contribution in [0, 0.1) is 11.2 Å². The van der Waals surface area contributed by atoms with Crippen molar-refractivity contribution in [3.05, 3.63) is 53.6 Å². The molecule has 1 amide bonds. The van der Waals surface area contributed by atoms with Gasteiger partial charge in [-0.2, -0.15) is 0 Å². The summed E-state index contributed by atoms with van der Waals surface area (Å²) in [5.74, 6) is -0.461. The number of benzene rings is 1. The van der Waals surface area contributed by atoms with Gasteiger partial charge in [-0.1, -0.05) is 17.7 Å². The van der Waals surface area contributed by atoms with E-state index < -0.39 is 5.82 Å². The molecule has 2 fully saturated rings. The highest BCUT2D eigenvalue weighted by molar-refractivity contribution is 6.34. The van der Waals surface area contributed by atoms with E-state index in [-0.39, 0.29) is 39.1 Å². The zero-order chi connectivity index (χ0) is 24.7. The van der Waals surface area contributed by atoms with Crippen LogP contribution < -0.4 is 4.90 Å². The maximum Gasteiger partial charge on any atom is 0.246 e. The van der Waals surface area contributed by atoms with E-state index in [0.717, 1.165) is 25.9 Å². The summed E-state index contributed by atoms with van der Waals surface area (Å²) >= 11 is 6.48. The van der Waals surface area contributed by atoms with Crippen molar-refractivity contribution < 1.29 is 19.1 Å². The molecule has 180 valence electrons. The number of carbonyl (C=O) groups excluding carboxylic acids is 2. The number of piperidine rings is 1. The Morgan fingerprint density at radius 3 is 2.60 bits per heavy atom. The Kier molecular flexibility index (Phi) is 5.88. The molecule has 2 aromatic heterocycles. The molecule has 1 spiro atoms. The lowest BCUT2D eigenvalue weighted by Crippen LogP contribution is -2.61. The number of pyridine rings is 1. The maximum atomic E-state index is 14.4. The summed E-state index contributed by atoms with van der Waals surface area (Å²) in [6.07, 6.45) is 5.83. The molecule has 4 heterocycles. The Balaban J connectivity index is 1.34. The van der Waals surface area contributed by atoms with Crippen molar-refractivity contribution in [2.45, 2.75) is 19.8 Å². The van der Waals surface area contributed by atoms with Gasteiger partial charge in [0.2, 0.25) is 5.91 Å². The molecule has 8 nitrogen and oxygen atoms in total. The molecule has 2 aliphatic rings. The number of carbonyl (C=O) groups is 2. The van der Waals surface area contributed by atoms with Crippen LogP contribution in [0.3, 0.4) is 0 Å². The van der Waals surface area contributed by atoms with Gasteiger partial charge in [-0.25, -0.2) is 19.3 Å². The van der Waals surface area contributed by atoms with E-state index in [1.807, 2.05) is 0 Å². The Labute approximate surface area is 206 Å². The van der Waals surface area contributed by atoms with Gasteiger partial charge >= 0.3 is 0 Å². The minimum atomic E-state index is -0.626. The Hall–Kier alpha value is -3.59. The highest BCUT2D eigenvalue weighted by atomic mass is 35.5. The first-order valence-corrected chi connectivity index (χ1v) is 11.7. The van der Waals surface area contributed by atoms with Crippen molar-refractivity contribution in [3.63, 3.8) is 0 Å². The van der Waals surface area contributed by atoms with Crippen LogP contribution >= 0.6 is 11.6 Å². The second kappa shape index (κ2) is 8.88. The molecule has 0 bridgehead atoms. The Morgan fingerprint density at radius 1 is 1.17 bits per heavy atom. The van der Waals surface area contributed by atoms with Crippen molar-refractivity contribution in [1.82, 2.24) is 19.9 Å². The van der Waals surface area contributed by atoms with Crippen molar-refractivity contribution in [3.8, 4) is 17.0 Å². The third-order valence-corrected chi connectivity index (χ3v) is 7.02. The van der Waals surface area contributed by atoms with Crippen molar-refractivity contribution in [1.29, 1.82) is 0 Å². The van der Waals surface area contributed by atoms with Crippen LogP contribution in [0.5, 0.6) is 5.75 Å². The van der Waals surface area contributed by atoms with Crippen LogP contribution in [0.2, 0.25) is 5.02 Å². The normalized spacial score (nSPS) is 17.2. The second-order valence-corrected chi connectivity index (χ2v) is 9.55. The lowest BCUT2D eigenvalue weighted by atomic mass is 9.72. The zero-order valence-electron chi connectivity index (χ0n) is 19.0. The Morgan fingerprint density at radius 2 is 1.91 bits per heavy atom. The number of hydrogen-bond donors (Lipinski definition) is 1. The number of hydrogen-bond acceptors (Lipinski definition) is 7.